The first-order valence-electron chi connectivity index (χ1n) is 8.91. The van der Waals surface area contributed by atoms with Gasteiger partial charge in [-0.15, -0.1) is 0 Å². The van der Waals surface area contributed by atoms with Gasteiger partial charge < -0.3 is 14.5 Å². The molecule has 3 rings (SSSR count). The van der Waals surface area contributed by atoms with Crippen LogP contribution in [-0.2, 0) is 16.1 Å². The van der Waals surface area contributed by atoms with Gasteiger partial charge in [0.1, 0.15) is 11.8 Å². The molecule has 24 heavy (non-hydrogen) atoms. The first-order valence-corrected chi connectivity index (χ1v) is 8.91. The fraction of sp³-hybridized carbons (Fsp3) is 0.579. The van der Waals surface area contributed by atoms with E-state index in [2.05, 4.69) is 0 Å². The Hall–Kier alpha value is -2.04. The second-order valence-corrected chi connectivity index (χ2v) is 6.63. The van der Waals surface area contributed by atoms with Gasteiger partial charge in [-0.25, -0.2) is 0 Å². The summed E-state index contributed by atoms with van der Waals surface area (Å²) < 4.78 is 5.39. The van der Waals surface area contributed by atoms with Crippen LogP contribution in [0, 0.1) is 0 Å². The van der Waals surface area contributed by atoms with Crippen molar-refractivity contribution >= 4 is 11.8 Å². The first kappa shape index (κ1) is 16.8. The van der Waals surface area contributed by atoms with Gasteiger partial charge in [-0.3, -0.25) is 9.59 Å². The van der Waals surface area contributed by atoms with E-state index >= 15 is 0 Å². The summed E-state index contributed by atoms with van der Waals surface area (Å²) in [5.74, 6) is 0.949. The summed E-state index contributed by atoms with van der Waals surface area (Å²) >= 11 is 0. The lowest BCUT2D eigenvalue weighted by molar-refractivity contribution is -0.141. The summed E-state index contributed by atoms with van der Waals surface area (Å²) in [4.78, 5) is 29.0. The Labute approximate surface area is 143 Å². The SMILES string of the molecule is COc1ccccc1CN1C(=O)CCC1C(=O)N1CCCCCC1. The van der Waals surface area contributed by atoms with E-state index in [1.165, 1.54) is 12.8 Å². The van der Waals surface area contributed by atoms with E-state index in [1.807, 2.05) is 29.2 Å². The zero-order valence-electron chi connectivity index (χ0n) is 14.4. The monoisotopic (exact) mass is 330 g/mol. The van der Waals surface area contributed by atoms with E-state index in [-0.39, 0.29) is 17.9 Å². The van der Waals surface area contributed by atoms with Crippen molar-refractivity contribution in [3.05, 3.63) is 29.8 Å². The number of ether oxygens (including phenoxy) is 1. The van der Waals surface area contributed by atoms with Gasteiger partial charge in [0.05, 0.1) is 13.7 Å². The number of para-hydroxylation sites is 1. The van der Waals surface area contributed by atoms with Gasteiger partial charge in [0, 0.05) is 25.1 Å². The minimum absolute atomic E-state index is 0.0640. The van der Waals surface area contributed by atoms with Crippen molar-refractivity contribution in [3.63, 3.8) is 0 Å². The summed E-state index contributed by atoms with van der Waals surface area (Å²) in [6.07, 6.45) is 5.61. The molecule has 0 N–H and O–H groups in total. The van der Waals surface area contributed by atoms with Crippen LogP contribution in [0.25, 0.3) is 0 Å². The van der Waals surface area contributed by atoms with Crippen LogP contribution in [0.15, 0.2) is 24.3 Å². The molecule has 130 valence electrons. The van der Waals surface area contributed by atoms with Crippen molar-refractivity contribution in [2.24, 2.45) is 0 Å². The van der Waals surface area contributed by atoms with Crippen LogP contribution in [0.5, 0.6) is 5.75 Å². The number of carbonyl (C=O) groups is 2. The maximum atomic E-state index is 13.0. The molecule has 2 aliphatic heterocycles. The fourth-order valence-corrected chi connectivity index (χ4v) is 3.71. The van der Waals surface area contributed by atoms with Gasteiger partial charge in [-0.2, -0.15) is 0 Å². The lowest BCUT2D eigenvalue weighted by Gasteiger charge is -2.30. The van der Waals surface area contributed by atoms with Crippen molar-refractivity contribution in [2.75, 3.05) is 20.2 Å². The highest BCUT2D eigenvalue weighted by molar-refractivity contribution is 5.91. The third kappa shape index (κ3) is 3.55. The Morgan fingerprint density at radius 3 is 2.58 bits per heavy atom. The Morgan fingerprint density at radius 2 is 1.88 bits per heavy atom. The summed E-state index contributed by atoms with van der Waals surface area (Å²) in [5, 5.41) is 0. The third-order valence-electron chi connectivity index (χ3n) is 5.06. The van der Waals surface area contributed by atoms with E-state index in [4.69, 9.17) is 4.74 Å². The Kier molecular flexibility index (Phi) is 5.38. The molecule has 1 unspecified atom stereocenters. The molecule has 5 nitrogen and oxygen atoms in total. The molecule has 1 aromatic carbocycles. The van der Waals surface area contributed by atoms with E-state index in [0.29, 0.717) is 19.4 Å². The molecule has 2 fully saturated rings. The highest BCUT2D eigenvalue weighted by Gasteiger charge is 2.38. The largest absolute Gasteiger partial charge is 0.496 e. The highest BCUT2D eigenvalue weighted by Crippen LogP contribution is 2.27. The molecule has 2 aliphatic rings. The molecule has 1 atom stereocenters. The normalized spacial score (nSPS) is 21.7. The number of methoxy groups -OCH3 is 1. The molecule has 2 heterocycles. The number of hydrogen-bond acceptors (Lipinski definition) is 3. The number of hydrogen-bond donors (Lipinski definition) is 0. The molecule has 1 aromatic rings. The molecule has 0 bridgehead atoms. The van der Waals surface area contributed by atoms with Crippen molar-refractivity contribution in [1.82, 2.24) is 9.80 Å². The minimum atomic E-state index is -0.319. The Bertz CT molecular complexity index is 594. The molecular weight excluding hydrogens is 304 g/mol. The number of benzene rings is 1. The maximum Gasteiger partial charge on any atom is 0.245 e. The molecule has 0 radical (unpaired) electrons. The maximum absolute atomic E-state index is 13.0. The number of carbonyl (C=O) groups excluding carboxylic acids is 2. The first-order chi connectivity index (χ1) is 11.7. The molecule has 2 saturated heterocycles. The average molecular weight is 330 g/mol. The van der Waals surface area contributed by atoms with Gasteiger partial charge in [0.15, 0.2) is 0 Å². The van der Waals surface area contributed by atoms with Crippen molar-refractivity contribution in [3.8, 4) is 5.75 Å². The van der Waals surface area contributed by atoms with Gasteiger partial charge >= 0.3 is 0 Å². The fourth-order valence-electron chi connectivity index (χ4n) is 3.71. The predicted molar refractivity (Wildman–Crippen MR) is 91.6 cm³/mol. The number of rotatable bonds is 4. The van der Waals surface area contributed by atoms with Gasteiger partial charge in [0.2, 0.25) is 11.8 Å². The van der Waals surface area contributed by atoms with Gasteiger partial charge in [-0.1, -0.05) is 31.0 Å². The standard InChI is InChI=1S/C19H26N2O3/c1-24-17-9-5-4-8-15(17)14-21-16(10-11-18(21)22)19(23)20-12-6-2-3-7-13-20/h4-5,8-9,16H,2-3,6-7,10-14H2,1H3. The van der Waals surface area contributed by atoms with Gasteiger partial charge in [0.25, 0.3) is 0 Å². The average Bonchev–Trinajstić information content (AvgIpc) is 2.81. The Morgan fingerprint density at radius 1 is 1.17 bits per heavy atom. The zero-order chi connectivity index (χ0) is 16.9. The number of likely N-dealkylation sites (tertiary alicyclic amines) is 2. The van der Waals surface area contributed by atoms with Crippen LogP contribution < -0.4 is 4.74 Å². The number of nitrogens with zero attached hydrogens (tertiary/aromatic N) is 2. The lowest BCUT2D eigenvalue weighted by Crippen LogP contribution is -2.46. The molecule has 0 aromatic heterocycles. The van der Waals surface area contributed by atoms with E-state index < -0.39 is 0 Å². The van der Waals surface area contributed by atoms with Crippen LogP contribution in [0.1, 0.15) is 44.1 Å². The quantitative estimate of drug-likeness (QED) is 0.852. The summed E-state index contributed by atoms with van der Waals surface area (Å²) in [7, 11) is 1.63. The summed E-state index contributed by atoms with van der Waals surface area (Å²) in [6.45, 7) is 2.09. The van der Waals surface area contributed by atoms with Gasteiger partial charge in [-0.05, 0) is 25.3 Å². The topological polar surface area (TPSA) is 49.9 Å². The van der Waals surface area contributed by atoms with Crippen LogP contribution >= 0.6 is 0 Å². The highest BCUT2D eigenvalue weighted by atomic mass is 16.5. The van der Waals surface area contributed by atoms with Crippen molar-refractivity contribution in [2.45, 2.75) is 51.1 Å². The second kappa shape index (κ2) is 7.69. The Balaban J connectivity index is 1.75. The molecule has 0 saturated carbocycles. The molecule has 0 spiro atoms. The minimum Gasteiger partial charge on any atom is -0.496 e. The second-order valence-electron chi connectivity index (χ2n) is 6.63. The third-order valence-corrected chi connectivity index (χ3v) is 5.06. The van der Waals surface area contributed by atoms with E-state index in [9.17, 15) is 9.59 Å². The molecule has 0 aliphatic carbocycles. The van der Waals surface area contributed by atoms with E-state index in [0.717, 1.165) is 37.2 Å². The molecule has 2 amide bonds. The predicted octanol–water partition coefficient (Wildman–Crippen LogP) is 2.59. The molecular formula is C19H26N2O3. The summed E-state index contributed by atoms with van der Waals surface area (Å²) in [5.41, 5.74) is 0.948. The van der Waals surface area contributed by atoms with Crippen LogP contribution in [0.2, 0.25) is 0 Å². The van der Waals surface area contributed by atoms with E-state index in [1.54, 1.807) is 12.0 Å². The lowest BCUT2D eigenvalue weighted by atomic mass is 10.1. The van der Waals surface area contributed by atoms with Crippen LogP contribution in [0.4, 0.5) is 0 Å². The molecule has 5 heteroatoms. The van der Waals surface area contributed by atoms with Crippen molar-refractivity contribution in [1.29, 1.82) is 0 Å². The number of amides is 2. The van der Waals surface area contributed by atoms with Crippen LogP contribution in [0.3, 0.4) is 0 Å². The zero-order valence-corrected chi connectivity index (χ0v) is 14.4. The smallest absolute Gasteiger partial charge is 0.245 e. The van der Waals surface area contributed by atoms with Crippen LogP contribution in [-0.4, -0.2) is 47.9 Å². The summed E-state index contributed by atoms with van der Waals surface area (Å²) in [6, 6.07) is 7.37. The van der Waals surface area contributed by atoms with Crippen molar-refractivity contribution < 1.29 is 14.3 Å².